The van der Waals surface area contributed by atoms with E-state index in [0.29, 0.717) is 5.75 Å². The van der Waals surface area contributed by atoms with Crippen molar-refractivity contribution in [3.05, 3.63) is 18.2 Å². The summed E-state index contributed by atoms with van der Waals surface area (Å²) in [5.41, 5.74) is 0.387. The molecule has 1 N–H and O–H groups in total. The molecule has 0 aliphatic heterocycles. The lowest BCUT2D eigenvalue weighted by molar-refractivity contribution is 0.0506. The lowest BCUT2D eigenvalue weighted by Crippen LogP contribution is -2.34. The minimum absolute atomic E-state index is 0.200. The fourth-order valence-corrected chi connectivity index (χ4v) is 2.41. The number of hydrogen-bond acceptors (Lipinski definition) is 4. The Morgan fingerprint density at radius 1 is 1.52 bits per heavy atom. The van der Waals surface area contributed by atoms with E-state index in [9.17, 15) is 9.00 Å². The maximum absolute atomic E-state index is 11.8. The Kier molecular flexibility index (Phi) is 6.39. The number of ether oxygens (including phenoxy) is 1. The number of carbonyl (C=O) groups excluding carboxylic acids is 1. The van der Waals surface area contributed by atoms with E-state index in [-0.39, 0.29) is 6.04 Å². The largest absolute Gasteiger partial charge is 0.444 e. The summed E-state index contributed by atoms with van der Waals surface area (Å²) in [6, 6.07) is -0.200. The monoisotopic (exact) mass is 315 g/mol. The second kappa shape index (κ2) is 7.59. The molecule has 0 aliphatic rings. The highest BCUT2D eigenvalue weighted by molar-refractivity contribution is 7.84. The van der Waals surface area contributed by atoms with Gasteiger partial charge in [0.15, 0.2) is 0 Å². The van der Waals surface area contributed by atoms with Crippen LogP contribution in [0.3, 0.4) is 0 Å². The summed E-state index contributed by atoms with van der Waals surface area (Å²) in [4.78, 5) is 15.9. The zero-order chi connectivity index (χ0) is 16.0. The van der Waals surface area contributed by atoms with Gasteiger partial charge in [-0.15, -0.1) is 0 Å². The van der Waals surface area contributed by atoms with Crippen molar-refractivity contribution in [2.24, 2.45) is 0 Å². The van der Waals surface area contributed by atoms with Crippen LogP contribution in [0.5, 0.6) is 0 Å². The molecule has 0 aliphatic carbocycles. The van der Waals surface area contributed by atoms with E-state index < -0.39 is 22.5 Å². The van der Waals surface area contributed by atoms with Gasteiger partial charge in [0.2, 0.25) is 0 Å². The molecule has 0 fully saturated rings. The first-order valence-electron chi connectivity index (χ1n) is 6.98. The Bertz CT molecular complexity index is 494. The summed E-state index contributed by atoms with van der Waals surface area (Å²) >= 11 is 0. The number of hydrogen-bond donors (Lipinski definition) is 1. The number of nitrogens with zero attached hydrogens (tertiary/aromatic N) is 2. The molecule has 2 atom stereocenters. The highest BCUT2D eigenvalue weighted by atomic mass is 32.2. The van der Waals surface area contributed by atoms with Crippen molar-refractivity contribution < 1.29 is 13.7 Å². The van der Waals surface area contributed by atoms with Gasteiger partial charge < -0.3 is 14.6 Å². The van der Waals surface area contributed by atoms with E-state index in [0.717, 1.165) is 18.7 Å². The summed E-state index contributed by atoms with van der Waals surface area (Å²) in [6.45, 7) is 8.09. The van der Waals surface area contributed by atoms with Crippen LogP contribution in [0.4, 0.5) is 4.79 Å². The van der Waals surface area contributed by atoms with Crippen LogP contribution in [0.2, 0.25) is 0 Å². The van der Waals surface area contributed by atoms with E-state index in [1.165, 1.54) is 0 Å². The van der Waals surface area contributed by atoms with Crippen molar-refractivity contribution >= 4 is 16.9 Å². The highest BCUT2D eigenvalue weighted by Crippen LogP contribution is 2.14. The summed E-state index contributed by atoms with van der Waals surface area (Å²) < 4.78 is 18.3. The van der Waals surface area contributed by atoms with Crippen molar-refractivity contribution in [2.75, 3.05) is 12.0 Å². The van der Waals surface area contributed by atoms with Gasteiger partial charge in [-0.05, 0) is 34.1 Å². The van der Waals surface area contributed by atoms with E-state index in [2.05, 4.69) is 10.3 Å². The van der Waals surface area contributed by atoms with Crippen LogP contribution >= 0.6 is 0 Å². The SMILES string of the molecule is C[C@H](NC(=O)OC(C)(C)C)c1cncn1CCCS(C)=O. The minimum atomic E-state index is -0.788. The molecule has 1 aromatic heterocycles. The molecule has 1 amide bonds. The van der Waals surface area contributed by atoms with Crippen molar-refractivity contribution in [1.82, 2.24) is 14.9 Å². The smallest absolute Gasteiger partial charge is 0.408 e. The van der Waals surface area contributed by atoms with Crippen LogP contribution in [-0.2, 0) is 22.1 Å². The number of alkyl carbamates (subject to hydrolysis) is 1. The Balaban J connectivity index is 2.58. The van der Waals surface area contributed by atoms with Crippen LogP contribution < -0.4 is 5.32 Å². The average molecular weight is 315 g/mol. The molecule has 0 spiro atoms. The molecule has 1 unspecified atom stereocenters. The number of nitrogens with one attached hydrogen (secondary N) is 1. The number of aryl methyl sites for hydroxylation is 1. The second-order valence-electron chi connectivity index (χ2n) is 6.01. The maximum Gasteiger partial charge on any atom is 0.408 e. The Hall–Kier alpha value is -1.37. The van der Waals surface area contributed by atoms with Crippen molar-refractivity contribution in [3.8, 4) is 0 Å². The van der Waals surface area contributed by atoms with Crippen LogP contribution in [0, 0.1) is 0 Å². The Labute approximate surface area is 128 Å². The molecule has 6 nitrogen and oxygen atoms in total. The van der Waals surface area contributed by atoms with Gasteiger partial charge in [0.25, 0.3) is 0 Å². The summed E-state index contributed by atoms with van der Waals surface area (Å²) in [7, 11) is -0.788. The first kappa shape index (κ1) is 17.7. The number of imidazole rings is 1. The first-order chi connectivity index (χ1) is 9.69. The van der Waals surface area contributed by atoms with Crippen molar-refractivity contribution in [1.29, 1.82) is 0 Å². The van der Waals surface area contributed by atoms with Gasteiger partial charge in [-0.3, -0.25) is 4.21 Å². The fraction of sp³-hybridized carbons (Fsp3) is 0.714. The third-order valence-corrected chi connectivity index (χ3v) is 3.62. The number of carbonyl (C=O) groups is 1. The molecule has 0 aromatic carbocycles. The van der Waals surface area contributed by atoms with Gasteiger partial charge in [-0.1, -0.05) is 0 Å². The zero-order valence-electron chi connectivity index (χ0n) is 13.4. The van der Waals surface area contributed by atoms with Crippen LogP contribution in [0.25, 0.3) is 0 Å². The second-order valence-corrected chi connectivity index (χ2v) is 7.57. The number of rotatable bonds is 6. The quantitative estimate of drug-likeness (QED) is 0.873. The summed E-state index contributed by atoms with van der Waals surface area (Å²) in [5, 5.41) is 2.80. The van der Waals surface area contributed by atoms with Crippen molar-refractivity contribution in [3.63, 3.8) is 0 Å². The van der Waals surface area contributed by atoms with Gasteiger partial charge in [0, 0.05) is 29.4 Å². The number of aromatic nitrogens is 2. The third kappa shape index (κ3) is 6.75. The molecule has 1 heterocycles. The topological polar surface area (TPSA) is 73.2 Å². The normalized spacial score (nSPS) is 14.5. The lowest BCUT2D eigenvalue weighted by Gasteiger charge is -2.22. The highest BCUT2D eigenvalue weighted by Gasteiger charge is 2.19. The van der Waals surface area contributed by atoms with Gasteiger partial charge >= 0.3 is 6.09 Å². The minimum Gasteiger partial charge on any atom is -0.444 e. The number of amides is 1. The molecule has 21 heavy (non-hydrogen) atoms. The predicted molar refractivity (Wildman–Crippen MR) is 83.6 cm³/mol. The molecule has 1 rings (SSSR count). The van der Waals surface area contributed by atoms with E-state index in [1.54, 1.807) is 18.8 Å². The molecule has 1 aromatic rings. The zero-order valence-corrected chi connectivity index (χ0v) is 14.2. The van der Waals surface area contributed by atoms with Gasteiger partial charge in [0.05, 0.1) is 24.3 Å². The molecular weight excluding hydrogens is 290 g/mol. The standard InChI is InChI=1S/C14H25N3O3S/c1-11(16-13(18)20-14(2,3)4)12-9-15-10-17(12)7-6-8-21(5)19/h9-11H,6-8H2,1-5H3,(H,16,18)/t11-,21?/m0/s1. The fourth-order valence-electron chi connectivity index (χ4n) is 1.87. The molecule has 0 bridgehead atoms. The van der Waals surface area contributed by atoms with Gasteiger partial charge in [-0.25, -0.2) is 9.78 Å². The predicted octanol–water partition coefficient (Wildman–Crippen LogP) is 2.24. The first-order valence-corrected chi connectivity index (χ1v) is 8.71. The van der Waals surface area contributed by atoms with Gasteiger partial charge in [-0.2, -0.15) is 0 Å². The summed E-state index contributed by atoms with van der Waals surface area (Å²) in [6.07, 6.45) is 5.51. The van der Waals surface area contributed by atoms with Crippen LogP contribution in [-0.4, -0.2) is 37.5 Å². The summed E-state index contributed by atoms with van der Waals surface area (Å²) in [5.74, 6) is 0.658. The van der Waals surface area contributed by atoms with Crippen LogP contribution in [0.1, 0.15) is 45.9 Å². The molecule has 0 radical (unpaired) electrons. The maximum atomic E-state index is 11.8. The average Bonchev–Trinajstić information content (AvgIpc) is 2.73. The van der Waals surface area contributed by atoms with Crippen molar-refractivity contribution in [2.45, 2.75) is 52.3 Å². The lowest BCUT2D eigenvalue weighted by atomic mass is 10.2. The molecule has 120 valence electrons. The third-order valence-electron chi connectivity index (χ3n) is 2.75. The molecular formula is C14H25N3O3S. The molecule has 0 saturated carbocycles. The molecule has 0 saturated heterocycles. The molecule has 7 heteroatoms. The van der Waals surface area contributed by atoms with Gasteiger partial charge in [0.1, 0.15) is 5.60 Å². The Morgan fingerprint density at radius 3 is 2.76 bits per heavy atom. The van der Waals surface area contributed by atoms with E-state index in [4.69, 9.17) is 4.74 Å². The van der Waals surface area contributed by atoms with E-state index >= 15 is 0 Å². The Morgan fingerprint density at radius 2 is 2.19 bits per heavy atom. The van der Waals surface area contributed by atoms with Crippen LogP contribution in [0.15, 0.2) is 12.5 Å². The van der Waals surface area contributed by atoms with E-state index in [1.807, 2.05) is 32.3 Å².